The maximum atomic E-state index is 7.24. The van der Waals surface area contributed by atoms with Crippen molar-refractivity contribution in [3.05, 3.63) is 220 Å². The van der Waals surface area contributed by atoms with Gasteiger partial charge in [-0.25, -0.2) is 0 Å². The van der Waals surface area contributed by atoms with Gasteiger partial charge in [-0.15, -0.1) is 0 Å². The van der Waals surface area contributed by atoms with E-state index >= 15 is 0 Å². The van der Waals surface area contributed by atoms with E-state index in [1.54, 1.807) is 0 Å². The van der Waals surface area contributed by atoms with E-state index in [0.717, 1.165) is 33.2 Å². The average Bonchev–Trinajstić information content (AvgIpc) is 3.77. The van der Waals surface area contributed by atoms with E-state index in [9.17, 15) is 0 Å². The summed E-state index contributed by atoms with van der Waals surface area (Å²) < 4.78 is 0. The lowest BCUT2D eigenvalue weighted by atomic mass is 9.70. The SMILES string of the molecule is CC1(C)c2ccccc2-c2ccc(N(c3ccccc3)c3cccc(-c4cc(Cl)cc5c4-c4ccccc4C54c5ccccc5-c5ccccc54)c3)cc21. The van der Waals surface area contributed by atoms with Crippen molar-refractivity contribution in [3.8, 4) is 44.5 Å². The third kappa shape index (κ3) is 4.16. The van der Waals surface area contributed by atoms with E-state index in [0.29, 0.717) is 0 Å². The Hall–Kier alpha value is -6.15. The first kappa shape index (κ1) is 31.4. The van der Waals surface area contributed by atoms with Gasteiger partial charge >= 0.3 is 0 Å². The molecule has 0 saturated heterocycles. The third-order valence-electron chi connectivity index (χ3n) is 12.3. The smallest absolute Gasteiger partial charge is 0.0726 e. The fourth-order valence-electron chi connectivity index (χ4n) is 10.1. The molecule has 256 valence electrons. The third-order valence-corrected chi connectivity index (χ3v) is 12.5. The van der Waals surface area contributed by atoms with Crippen molar-refractivity contribution < 1.29 is 0 Å². The van der Waals surface area contributed by atoms with E-state index in [4.69, 9.17) is 11.6 Å². The van der Waals surface area contributed by atoms with Crippen LogP contribution in [-0.4, -0.2) is 0 Å². The molecule has 8 aromatic rings. The Labute approximate surface area is 321 Å². The highest BCUT2D eigenvalue weighted by Gasteiger charge is 2.52. The molecular formula is C52H36ClN. The Balaban J connectivity index is 1.13. The van der Waals surface area contributed by atoms with Crippen molar-refractivity contribution in [3.63, 3.8) is 0 Å². The molecule has 1 spiro atoms. The van der Waals surface area contributed by atoms with Crippen LogP contribution in [0.5, 0.6) is 0 Å². The number of nitrogens with zero attached hydrogens (tertiary/aromatic N) is 1. The highest BCUT2D eigenvalue weighted by molar-refractivity contribution is 6.31. The molecule has 3 aliphatic carbocycles. The Morgan fingerprint density at radius 2 is 0.889 bits per heavy atom. The summed E-state index contributed by atoms with van der Waals surface area (Å²) in [6.07, 6.45) is 0. The predicted molar refractivity (Wildman–Crippen MR) is 225 cm³/mol. The average molecular weight is 710 g/mol. The minimum absolute atomic E-state index is 0.103. The number of halogens is 1. The normalized spacial score (nSPS) is 14.5. The quantitative estimate of drug-likeness (QED) is 0.176. The van der Waals surface area contributed by atoms with Crippen LogP contribution in [0.25, 0.3) is 44.5 Å². The molecule has 1 nitrogen and oxygen atoms in total. The van der Waals surface area contributed by atoms with Gasteiger partial charge in [0.1, 0.15) is 0 Å². The molecular weight excluding hydrogens is 674 g/mol. The number of hydrogen-bond acceptors (Lipinski definition) is 1. The molecule has 0 radical (unpaired) electrons. The summed E-state index contributed by atoms with van der Waals surface area (Å²) in [7, 11) is 0. The summed E-state index contributed by atoms with van der Waals surface area (Å²) in [5.74, 6) is 0. The first-order chi connectivity index (χ1) is 26.5. The van der Waals surface area contributed by atoms with Crippen LogP contribution in [0.15, 0.2) is 182 Å². The van der Waals surface area contributed by atoms with Gasteiger partial charge in [0.15, 0.2) is 0 Å². The molecule has 0 saturated carbocycles. The second-order valence-corrected chi connectivity index (χ2v) is 15.8. The van der Waals surface area contributed by atoms with Gasteiger partial charge in [0.2, 0.25) is 0 Å². The van der Waals surface area contributed by atoms with Crippen molar-refractivity contribution in [2.75, 3.05) is 4.90 Å². The second kappa shape index (κ2) is 11.4. The number of benzene rings is 8. The molecule has 0 unspecified atom stereocenters. The molecule has 0 aromatic heterocycles. The predicted octanol–water partition coefficient (Wildman–Crippen LogP) is 14.1. The minimum atomic E-state index is -0.457. The Kier molecular flexibility index (Phi) is 6.64. The molecule has 2 heteroatoms. The maximum absolute atomic E-state index is 7.24. The van der Waals surface area contributed by atoms with Crippen molar-refractivity contribution in [1.29, 1.82) is 0 Å². The maximum Gasteiger partial charge on any atom is 0.0726 e. The zero-order valence-corrected chi connectivity index (χ0v) is 30.9. The lowest BCUT2D eigenvalue weighted by Gasteiger charge is -2.30. The zero-order chi connectivity index (χ0) is 36.2. The van der Waals surface area contributed by atoms with Crippen LogP contribution in [0.4, 0.5) is 17.1 Å². The molecule has 0 aliphatic heterocycles. The number of anilines is 3. The summed E-state index contributed by atoms with van der Waals surface area (Å²) in [4.78, 5) is 2.40. The molecule has 0 bridgehead atoms. The number of hydrogen-bond donors (Lipinski definition) is 0. The van der Waals surface area contributed by atoms with Gasteiger partial charge in [-0.2, -0.15) is 0 Å². The van der Waals surface area contributed by atoms with Gasteiger partial charge in [0, 0.05) is 27.5 Å². The van der Waals surface area contributed by atoms with Crippen molar-refractivity contribution >= 4 is 28.7 Å². The summed E-state index contributed by atoms with van der Waals surface area (Å²) in [6.45, 7) is 4.70. The minimum Gasteiger partial charge on any atom is -0.310 e. The first-order valence-corrected chi connectivity index (χ1v) is 19.2. The van der Waals surface area contributed by atoms with Crippen molar-refractivity contribution in [1.82, 2.24) is 0 Å². The topological polar surface area (TPSA) is 3.24 Å². The Morgan fingerprint density at radius 3 is 1.57 bits per heavy atom. The van der Waals surface area contributed by atoms with Crippen LogP contribution >= 0.6 is 11.6 Å². The molecule has 3 aliphatic rings. The largest absolute Gasteiger partial charge is 0.310 e. The molecule has 0 amide bonds. The molecule has 54 heavy (non-hydrogen) atoms. The van der Waals surface area contributed by atoms with Gasteiger partial charge in [-0.1, -0.05) is 159 Å². The molecule has 11 rings (SSSR count). The summed E-state index contributed by atoms with van der Waals surface area (Å²) in [6, 6.07) is 66.8. The Morgan fingerprint density at radius 1 is 0.370 bits per heavy atom. The summed E-state index contributed by atoms with van der Waals surface area (Å²) >= 11 is 7.24. The van der Waals surface area contributed by atoms with Crippen molar-refractivity contribution in [2.45, 2.75) is 24.7 Å². The van der Waals surface area contributed by atoms with Gasteiger partial charge in [-0.3, -0.25) is 0 Å². The number of rotatable bonds is 4. The second-order valence-electron chi connectivity index (χ2n) is 15.4. The first-order valence-electron chi connectivity index (χ1n) is 18.8. The lowest BCUT2D eigenvalue weighted by molar-refractivity contribution is 0.660. The molecule has 0 fully saturated rings. The van der Waals surface area contributed by atoms with Gasteiger partial charge < -0.3 is 4.90 Å². The van der Waals surface area contributed by atoms with Gasteiger partial charge in [0.25, 0.3) is 0 Å². The van der Waals surface area contributed by atoms with E-state index in [1.807, 2.05) is 0 Å². The van der Waals surface area contributed by atoms with E-state index < -0.39 is 5.41 Å². The molecule has 8 aromatic carbocycles. The fraction of sp³-hybridized carbons (Fsp3) is 0.0769. The standard InChI is InChI=1S/C52H36ClN/c1-51(2)44-23-10-6-19-38(44)41-28-27-37(32-48(41)51)54(35-16-4-3-5-17-35)36-18-14-15-33(29-36)43-30-34(53)31-49-50(43)42-22-9-13-26-47(42)52(49)45-24-11-7-20-39(45)40-21-8-12-25-46(40)52/h3-32H,1-2H3. The molecule has 0 atom stereocenters. The van der Waals surface area contributed by atoms with Gasteiger partial charge in [-0.05, 0) is 126 Å². The van der Waals surface area contributed by atoms with E-state index in [-0.39, 0.29) is 5.41 Å². The Bertz CT molecular complexity index is 2780. The highest BCUT2D eigenvalue weighted by atomic mass is 35.5. The van der Waals surface area contributed by atoms with Crippen LogP contribution < -0.4 is 4.90 Å². The van der Waals surface area contributed by atoms with E-state index in [1.165, 1.54) is 66.8 Å². The van der Waals surface area contributed by atoms with E-state index in [2.05, 4.69) is 201 Å². The van der Waals surface area contributed by atoms with Crippen LogP contribution in [-0.2, 0) is 10.8 Å². The van der Waals surface area contributed by atoms with Crippen LogP contribution in [0.2, 0.25) is 5.02 Å². The molecule has 0 N–H and O–H groups in total. The summed E-state index contributed by atoms with van der Waals surface area (Å²) in [5.41, 5.74) is 20.7. The zero-order valence-electron chi connectivity index (χ0n) is 30.1. The summed E-state index contributed by atoms with van der Waals surface area (Å²) in [5, 5.41) is 0.739. The molecule has 0 heterocycles. The van der Waals surface area contributed by atoms with Crippen LogP contribution in [0, 0.1) is 0 Å². The van der Waals surface area contributed by atoms with Crippen molar-refractivity contribution in [2.24, 2.45) is 0 Å². The number of para-hydroxylation sites is 1. The monoisotopic (exact) mass is 709 g/mol. The lowest BCUT2D eigenvalue weighted by Crippen LogP contribution is -2.25. The van der Waals surface area contributed by atoms with Crippen LogP contribution in [0.3, 0.4) is 0 Å². The highest BCUT2D eigenvalue weighted by Crippen LogP contribution is 2.64. The van der Waals surface area contributed by atoms with Gasteiger partial charge in [0.05, 0.1) is 5.41 Å². The fourth-order valence-corrected chi connectivity index (χ4v) is 10.3. The number of fused-ring (bicyclic) bond motifs is 13. The van der Waals surface area contributed by atoms with Crippen LogP contribution in [0.1, 0.15) is 47.2 Å².